The summed E-state index contributed by atoms with van der Waals surface area (Å²) in [5, 5.41) is 25.7. The minimum absolute atomic E-state index is 0.0340. The molecule has 0 saturated heterocycles. The fraction of sp³-hybridized carbons (Fsp3) is 0.304. The first-order valence-corrected chi connectivity index (χ1v) is 11.6. The number of thioether (sulfide) groups is 1. The Balaban J connectivity index is 1.68. The molecule has 178 valence electrons. The Bertz CT molecular complexity index is 1190. The number of nitro benzene ring substituents is 1. The van der Waals surface area contributed by atoms with Crippen LogP contribution in [0.25, 0.3) is 0 Å². The maximum atomic E-state index is 12.8. The number of aryl methyl sites for hydroxylation is 1. The number of rotatable bonds is 9. The highest BCUT2D eigenvalue weighted by molar-refractivity contribution is 7.99. The molecule has 0 radical (unpaired) electrons. The van der Waals surface area contributed by atoms with Gasteiger partial charge in [0.05, 0.1) is 16.7 Å². The van der Waals surface area contributed by atoms with Gasteiger partial charge in [-0.2, -0.15) is 0 Å². The summed E-state index contributed by atoms with van der Waals surface area (Å²) in [4.78, 5) is 35.6. The van der Waals surface area contributed by atoms with Crippen LogP contribution in [0.15, 0.2) is 53.7 Å². The number of amides is 2. The molecule has 0 saturated carbocycles. The molecule has 2 aromatic carbocycles. The Morgan fingerprint density at radius 1 is 1.15 bits per heavy atom. The molecular formula is C23H26N6O4S. The van der Waals surface area contributed by atoms with Gasteiger partial charge in [-0.15, -0.1) is 10.2 Å². The normalized spacial score (nSPS) is 11.8. The molecule has 0 aliphatic carbocycles. The average Bonchev–Trinajstić information content (AvgIpc) is 3.17. The van der Waals surface area contributed by atoms with Crippen molar-refractivity contribution in [1.29, 1.82) is 0 Å². The van der Waals surface area contributed by atoms with E-state index in [-0.39, 0.29) is 28.8 Å². The van der Waals surface area contributed by atoms with E-state index in [4.69, 9.17) is 0 Å². The van der Waals surface area contributed by atoms with Gasteiger partial charge in [-0.25, -0.2) is 0 Å². The van der Waals surface area contributed by atoms with Crippen LogP contribution in [-0.4, -0.2) is 37.3 Å². The van der Waals surface area contributed by atoms with Crippen molar-refractivity contribution in [3.8, 4) is 0 Å². The molecule has 3 aromatic rings. The Morgan fingerprint density at radius 3 is 2.50 bits per heavy atom. The second-order valence-electron chi connectivity index (χ2n) is 8.11. The molecule has 2 amide bonds. The first-order chi connectivity index (χ1) is 16.2. The number of benzene rings is 2. The molecular weight excluding hydrogens is 456 g/mol. The van der Waals surface area contributed by atoms with Crippen LogP contribution in [-0.2, 0) is 11.8 Å². The molecule has 0 aliphatic heterocycles. The number of carbonyl (C=O) groups excluding carboxylic acids is 2. The van der Waals surface area contributed by atoms with Gasteiger partial charge in [0.25, 0.3) is 11.6 Å². The molecule has 3 rings (SSSR count). The van der Waals surface area contributed by atoms with Gasteiger partial charge in [-0.1, -0.05) is 49.4 Å². The summed E-state index contributed by atoms with van der Waals surface area (Å²) in [6.07, 6.45) is 0. The number of nitrogens with zero attached hydrogens (tertiary/aromatic N) is 4. The quantitative estimate of drug-likeness (QED) is 0.269. The number of anilines is 1. The Hall–Kier alpha value is -3.73. The van der Waals surface area contributed by atoms with Crippen molar-refractivity contribution in [2.24, 2.45) is 13.0 Å². The minimum atomic E-state index is -0.544. The maximum Gasteiger partial charge on any atom is 0.270 e. The van der Waals surface area contributed by atoms with E-state index >= 15 is 0 Å². The molecule has 1 atom stereocenters. The number of non-ortho nitro benzene ring substituents is 1. The van der Waals surface area contributed by atoms with Crippen LogP contribution in [0.5, 0.6) is 0 Å². The lowest BCUT2D eigenvalue weighted by atomic mass is 10.0. The van der Waals surface area contributed by atoms with Crippen LogP contribution in [0.3, 0.4) is 0 Å². The fourth-order valence-electron chi connectivity index (χ4n) is 3.20. The smallest absolute Gasteiger partial charge is 0.270 e. The lowest BCUT2D eigenvalue weighted by Gasteiger charge is -2.21. The van der Waals surface area contributed by atoms with Gasteiger partial charge in [-0.05, 0) is 31.0 Å². The molecule has 0 aliphatic rings. The zero-order chi connectivity index (χ0) is 24.8. The Kier molecular flexibility index (Phi) is 8.00. The third kappa shape index (κ3) is 6.19. The van der Waals surface area contributed by atoms with Crippen molar-refractivity contribution in [3.05, 3.63) is 75.6 Å². The Labute approximate surface area is 201 Å². The summed E-state index contributed by atoms with van der Waals surface area (Å²) in [6.45, 7) is 5.83. The van der Waals surface area contributed by atoms with Crippen molar-refractivity contribution < 1.29 is 14.5 Å². The Morgan fingerprint density at radius 2 is 1.85 bits per heavy atom. The minimum Gasteiger partial charge on any atom is -0.342 e. The SMILES string of the molecule is Cc1ccc(NC(=O)CSc2nnc([C@@H](NC(=O)c3cccc([N+](=O)[O-])c3)C(C)C)n2C)cc1. The van der Waals surface area contributed by atoms with E-state index in [9.17, 15) is 19.7 Å². The predicted molar refractivity (Wildman–Crippen MR) is 130 cm³/mol. The number of nitrogens with one attached hydrogen (secondary N) is 2. The van der Waals surface area contributed by atoms with Gasteiger partial charge in [0.2, 0.25) is 5.91 Å². The van der Waals surface area contributed by atoms with E-state index < -0.39 is 16.9 Å². The monoisotopic (exact) mass is 482 g/mol. The van der Waals surface area contributed by atoms with E-state index in [0.717, 1.165) is 11.3 Å². The number of hydrogen-bond donors (Lipinski definition) is 2. The highest BCUT2D eigenvalue weighted by atomic mass is 32.2. The van der Waals surface area contributed by atoms with Crippen LogP contribution in [0.4, 0.5) is 11.4 Å². The summed E-state index contributed by atoms with van der Waals surface area (Å²) >= 11 is 1.24. The van der Waals surface area contributed by atoms with Gasteiger partial charge in [-0.3, -0.25) is 19.7 Å². The number of aromatic nitrogens is 3. The van der Waals surface area contributed by atoms with Crippen molar-refractivity contribution in [3.63, 3.8) is 0 Å². The van der Waals surface area contributed by atoms with Crippen LogP contribution < -0.4 is 10.6 Å². The molecule has 0 spiro atoms. The lowest BCUT2D eigenvalue weighted by Crippen LogP contribution is -2.33. The zero-order valence-electron chi connectivity index (χ0n) is 19.3. The summed E-state index contributed by atoms with van der Waals surface area (Å²) in [5.41, 5.74) is 1.86. The fourth-order valence-corrected chi connectivity index (χ4v) is 3.92. The summed E-state index contributed by atoms with van der Waals surface area (Å²) in [5.74, 6) is 0.0185. The van der Waals surface area contributed by atoms with Gasteiger partial charge >= 0.3 is 0 Å². The van der Waals surface area contributed by atoms with Crippen LogP contribution in [0, 0.1) is 23.0 Å². The van der Waals surface area contributed by atoms with Crippen LogP contribution >= 0.6 is 11.8 Å². The van der Waals surface area contributed by atoms with Crippen LogP contribution in [0.2, 0.25) is 0 Å². The summed E-state index contributed by atoms with van der Waals surface area (Å²) in [7, 11) is 1.77. The van der Waals surface area contributed by atoms with Gasteiger partial charge < -0.3 is 15.2 Å². The second kappa shape index (κ2) is 10.9. The number of nitro groups is 1. The first kappa shape index (κ1) is 24.9. The van der Waals surface area contributed by atoms with E-state index in [1.807, 2.05) is 45.0 Å². The predicted octanol–water partition coefficient (Wildman–Crippen LogP) is 3.89. The van der Waals surface area contributed by atoms with Gasteiger partial charge in [0, 0.05) is 30.4 Å². The number of hydrogen-bond acceptors (Lipinski definition) is 7. The largest absolute Gasteiger partial charge is 0.342 e. The molecule has 0 fully saturated rings. The molecule has 11 heteroatoms. The highest BCUT2D eigenvalue weighted by Crippen LogP contribution is 2.25. The van der Waals surface area contributed by atoms with E-state index in [1.165, 1.54) is 36.0 Å². The second-order valence-corrected chi connectivity index (χ2v) is 9.05. The molecule has 34 heavy (non-hydrogen) atoms. The lowest BCUT2D eigenvalue weighted by molar-refractivity contribution is -0.384. The molecule has 1 heterocycles. The standard InChI is InChI=1S/C23H26N6O4S/c1-14(2)20(25-22(31)16-6-5-7-18(12-16)29(32)33)21-26-27-23(28(21)4)34-13-19(30)24-17-10-8-15(3)9-11-17/h5-12,14,20H,13H2,1-4H3,(H,24,30)(H,25,31)/t20-/m0/s1. The molecule has 2 N–H and O–H groups in total. The van der Waals surface area contributed by atoms with Crippen molar-refractivity contribution in [1.82, 2.24) is 20.1 Å². The van der Waals surface area contributed by atoms with Gasteiger partial charge in [0.1, 0.15) is 0 Å². The topological polar surface area (TPSA) is 132 Å². The van der Waals surface area contributed by atoms with Crippen LogP contribution in [0.1, 0.15) is 41.6 Å². The zero-order valence-corrected chi connectivity index (χ0v) is 20.1. The summed E-state index contributed by atoms with van der Waals surface area (Å²) in [6, 6.07) is 12.6. The summed E-state index contributed by atoms with van der Waals surface area (Å²) < 4.78 is 1.74. The van der Waals surface area contributed by atoms with Gasteiger partial charge in [0.15, 0.2) is 11.0 Å². The van der Waals surface area contributed by atoms with E-state index in [0.29, 0.717) is 11.0 Å². The molecule has 1 aromatic heterocycles. The highest BCUT2D eigenvalue weighted by Gasteiger charge is 2.26. The third-order valence-corrected chi connectivity index (χ3v) is 6.11. The van der Waals surface area contributed by atoms with Crippen molar-refractivity contribution in [2.75, 3.05) is 11.1 Å². The number of carbonyl (C=O) groups is 2. The molecule has 0 unspecified atom stereocenters. The van der Waals surface area contributed by atoms with Crippen molar-refractivity contribution >= 4 is 35.0 Å². The first-order valence-electron chi connectivity index (χ1n) is 10.6. The van der Waals surface area contributed by atoms with E-state index in [1.54, 1.807) is 11.6 Å². The maximum absolute atomic E-state index is 12.8. The molecule has 10 nitrogen and oxygen atoms in total. The van der Waals surface area contributed by atoms with E-state index in [2.05, 4.69) is 20.8 Å². The third-order valence-electron chi connectivity index (χ3n) is 5.09. The molecule has 0 bridgehead atoms. The average molecular weight is 483 g/mol. The van der Waals surface area contributed by atoms with Crippen molar-refractivity contribution in [2.45, 2.75) is 32.0 Å².